The molecule has 3 nitrogen and oxygen atoms in total. The third-order valence-corrected chi connectivity index (χ3v) is 3.74. The van der Waals surface area contributed by atoms with Gasteiger partial charge in [-0.2, -0.15) is 0 Å². The summed E-state index contributed by atoms with van der Waals surface area (Å²) in [5, 5.41) is 3.99. The number of hydrogen-bond acceptors (Lipinski definition) is 2. The number of hydrogen-bond donors (Lipinski definition) is 1. The van der Waals surface area contributed by atoms with E-state index >= 15 is 0 Å². The van der Waals surface area contributed by atoms with Gasteiger partial charge in [-0.3, -0.25) is 4.79 Å². The summed E-state index contributed by atoms with van der Waals surface area (Å²) in [5.41, 5.74) is 1.91. The molecule has 1 unspecified atom stereocenters. The fourth-order valence-corrected chi connectivity index (χ4v) is 2.94. The number of amides is 1. The highest BCUT2D eigenvalue weighted by Crippen LogP contribution is 2.32. The Morgan fingerprint density at radius 3 is 2.79 bits per heavy atom. The number of para-hydroxylation sites is 1. The van der Waals surface area contributed by atoms with Gasteiger partial charge < -0.3 is 10.2 Å². The molecule has 19 heavy (non-hydrogen) atoms. The average molecular weight is 281 g/mol. The molecule has 1 N–H and O–H groups in total. The van der Waals surface area contributed by atoms with E-state index in [1.54, 1.807) is 0 Å². The van der Waals surface area contributed by atoms with Gasteiger partial charge in [0.05, 0.1) is 16.8 Å². The van der Waals surface area contributed by atoms with E-state index in [9.17, 15) is 4.79 Å². The van der Waals surface area contributed by atoms with Gasteiger partial charge in [0.1, 0.15) is 0 Å². The van der Waals surface area contributed by atoms with Crippen molar-refractivity contribution in [3.8, 4) is 0 Å². The highest BCUT2D eigenvalue weighted by atomic mass is 35.5. The normalized spacial score (nSPS) is 20.2. The van der Waals surface area contributed by atoms with Crippen molar-refractivity contribution >= 4 is 23.2 Å². The van der Waals surface area contributed by atoms with Crippen LogP contribution in [0.5, 0.6) is 0 Å². The first kappa shape index (κ1) is 14.4. The number of nitrogens with one attached hydrogen (secondary N) is 1. The first-order chi connectivity index (χ1) is 9.00. The molecule has 0 aromatic heterocycles. The van der Waals surface area contributed by atoms with E-state index in [1.165, 1.54) is 0 Å². The van der Waals surface area contributed by atoms with Crippen molar-refractivity contribution in [2.45, 2.75) is 45.7 Å². The van der Waals surface area contributed by atoms with Crippen LogP contribution in [0.1, 0.15) is 32.3 Å². The summed E-state index contributed by atoms with van der Waals surface area (Å²) in [5.74, 6) is 0.135. The zero-order valence-corrected chi connectivity index (χ0v) is 12.5. The lowest BCUT2D eigenvalue weighted by Gasteiger charge is -2.35. The van der Waals surface area contributed by atoms with Crippen LogP contribution in [0.15, 0.2) is 18.2 Å². The van der Waals surface area contributed by atoms with Gasteiger partial charge >= 0.3 is 0 Å². The van der Waals surface area contributed by atoms with Gasteiger partial charge in [-0.1, -0.05) is 37.6 Å². The van der Waals surface area contributed by atoms with Crippen LogP contribution in [-0.2, 0) is 4.79 Å². The summed E-state index contributed by atoms with van der Waals surface area (Å²) < 4.78 is 0. The molecule has 1 saturated heterocycles. The fourth-order valence-electron chi connectivity index (χ4n) is 2.62. The molecule has 0 saturated carbocycles. The van der Waals surface area contributed by atoms with Crippen LogP contribution in [0.3, 0.4) is 0 Å². The number of carbonyl (C=O) groups is 1. The van der Waals surface area contributed by atoms with Gasteiger partial charge in [0.25, 0.3) is 0 Å². The lowest BCUT2D eigenvalue weighted by molar-refractivity contribution is -0.121. The number of anilines is 1. The maximum atomic E-state index is 12.6. The SMILES string of the molecule is Cc1cccc(Cl)c1N1CCCC(NC(C)C)C1=O. The van der Waals surface area contributed by atoms with Crippen LogP contribution in [0.4, 0.5) is 5.69 Å². The Hall–Kier alpha value is -1.06. The standard InChI is InChI=1S/C15H21ClN2O/c1-10(2)17-13-8-5-9-18(15(13)19)14-11(3)6-4-7-12(14)16/h4,6-7,10,13,17H,5,8-9H2,1-3H3. The van der Waals surface area contributed by atoms with Gasteiger partial charge in [-0.15, -0.1) is 0 Å². The Bertz CT molecular complexity index is 453. The second-order valence-electron chi connectivity index (χ2n) is 5.41. The molecule has 1 aromatic rings. The molecule has 1 heterocycles. The van der Waals surface area contributed by atoms with Crippen LogP contribution in [-0.4, -0.2) is 24.5 Å². The van der Waals surface area contributed by atoms with Crippen molar-refractivity contribution in [3.05, 3.63) is 28.8 Å². The van der Waals surface area contributed by atoms with Crippen LogP contribution in [0.25, 0.3) is 0 Å². The second kappa shape index (κ2) is 5.93. The number of halogens is 1. The highest BCUT2D eigenvalue weighted by Gasteiger charge is 2.31. The summed E-state index contributed by atoms with van der Waals surface area (Å²) in [6, 6.07) is 5.97. The monoisotopic (exact) mass is 280 g/mol. The van der Waals surface area contributed by atoms with Crippen molar-refractivity contribution in [1.82, 2.24) is 5.32 Å². The van der Waals surface area contributed by atoms with Crippen molar-refractivity contribution in [2.24, 2.45) is 0 Å². The maximum Gasteiger partial charge on any atom is 0.244 e. The Labute approximate surface area is 119 Å². The molecule has 1 atom stereocenters. The third-order valence-electron chi connectivity index (χ3n) is 3.43. The largest absolute Gasteiger partial charge is 0.309 e. The summed E-state index contributed by atoms with van der Waals surface area (Å²) in [7, 11) is 0. The van der Waals surface area contributed by atoms with E-state index in [-0.39, 0.29) is 11.9 Å². The first-order valence-electron chi connectivity index (χ1n) is 6.83. The van der Waals surface area contributed by atoms with Crippen LogP contribution in [0.2, 0.25) is 5.02 Å². The van der Waals surface area contributed by atoms with E-state index in [0.717, 1.165) is 30.6 Å². The lowest BCUT2D eigenvalue weighted by atomic mass is 10.0. The van der Waals surface area contributed by atoms with Crippen molar-refractivity contribution in [3.63, 3.8) is 0 Å². The minimum absolute atomic E-state index is 0.0931. The van der Waals surface area contributed by atoms with Gasteiger partial charge in [-0.05, 0) is 31.4 Å². The molecule has 1 aliphatic heterocycles. The molecule has 0 spiro atoms. The molecule has 1 fully saturated rings. The quantitative estimate of drug-likeness (QED) is 0.922. The molecular weight excluding hydrogens is 260 g/mol. The Balaban J connectivity index is 2.27. The van der Waals surface area contributed by atoms with Crippen molar-refractivity contribution in [1.29, 1.82) is 0 Å². The van der Waals surface area contributed by atoms with Crippen molar-refractivity contribution < 1.29 is 4.79 Å². The minimum Gasteiger partial charge on any atom is -0.309 e. The number of nitrogens with zero attached hydrogens (tertiary/aromatic N) is 1. The Morgan fingerprint density at radius 1 is 1.42 bits per heavy atom. The summed E-state index contributed by atoms with van der Waals surface area (Å²) >= 11 is 6.27. The molecular formula is C15H21ClN2O. The molecule has 2 rings (SSSR count). The smallest absolute Gasteiger partial charge is 0.244 e. The predicted molar refractivity (Wildman–Crippen MR) is 79.8 cm³/mol. The van der Waals surface area contributed by atoms with Crippen LogP contribution >= 0.6 is 11.6 Å². The summed E-state index contributed by atoms with van der Waals surface area (Å²) in [4.78, 5) is 14.4. The zero-order chi connectivity index (χ0) is 14.0. The summed E-state index contributed by atoms with van der Waals surface area (Å²) in [6.45, 7) is 6.87. The van der Waals surface area contributed by atoms with Crippen LogP contribution < -0.4 is 10.2 Å². The number of aryl methyl sites for hydroxylation is 1. The third kappa shape index (κ3) is 3.10. The second-order valence-corrected chi connectivity index (χ2v) is 5.82. The number of benzene rings is 1. The van der Waals surface area contributed by atoms with Gasteiger partial charge in [0.2, 0.25) is 5.91 Å². The van der Waals surface area contributed by atoms with Crippen LogP contribution in [0, 0.1) is 6.92 Å². The molecule has 1 amide bonds. The van der Waals surface area contributed by atoms with Gasteiger partial charge in [-0.25, -0.2) is 0 Å². The van der Waals surface area contributed by atoms with Crippen molar-refractivity contribution in [2.75, 3.05) is 11.4 Å². The first-order valence-corrected chi connectivity index (χ1v) is 7.21. The average Bonchev–Trinajstić information content (AvgIpc) is 2.33. The minimum atomic E-state index is -0.0931. The van der Waals surface area contributed by atoms with E-state index in [0.29, 0.717) is 11.1 Å². The molecule has 1 aromatic carbocycles. The van der Waals surface area contributed by atoms with E-state index in [1.807, 2.05) is 30.0 Å². The number of carbonyl (C=O) groups excluding carboxylic acids is 1. The lowest BCUT2D eigenvalue weighted by Crippen LogP contribution is -2.52. The number of piperidine rings is 1. The molecule has 0 aliphatic carbocycles. The molecule has 0 bridgehead atoms. The van der Waals surface area contributed by atoms with E-state index in [4.69, 9.17) is 11.6 Å². The molecule has 1 aliphatic rings. The predicted octanol–water partition coefficient (Wildman–Crippen LogP) is 3.14. The zero-order valence-electron chi connectivity index (χ0n) is 11.7. The Kier molecular flexibility index (Phi) is 4.48. The summed E-state index contributed by atoms with van der Waals surface area (Å²) in [6.07, 6.45) is 1.90. The van der Waals surface area contributed by atoms with Gasteiger partial charge in [0.15, 0.2) is 0 Å². The maximum absolute atomic E-state index is 12.6. The fraction of sp³-hybridized carbons (Fsp3) is 0.533. The highest BCUT2D eigenvalue weighted by molar-refractivity contribution is 6.34. The molecule has 4 heteroatoms. The Morgan fingerprint density at radius 2 is 2.16 bits per heavy atom. The molecule has 0 radical (unpaired) electrons. The van der Waals surface area contributed by atoms with E-state index < -0.39 is 0 Å². The molecule has 104 valence electrons. The van der Waals surface area contributed by atoms with E-state index in [2.05, 4.69) is 19.2 Å². The topological polar surface area (TPSA) is 32.3 Å². The van der Waals surface area contributed by atoms with Gasteiger partial charge in [0, 0.05) is 12.6 Å². The number of rotatable bonds is 3.